The largest absolute Gasteiger partial charge is 0.384 e. The van der Waals surface area contributed by atoms with E-state index >= 15 is 0 Å². The molecule has 0 aliphatic carbocycles. The number of aliphatic hydroxyl groups is 1. The molecule has 0 spiro atoms. The third kappa shape index (κ3) is 2.93. The van der Waals surface area contributed by atoms with Crippen LogP contribution in [0, 0.1) is 0 Å². The van der Waals surface area contributed by atoms with Crippen LogP contribution in [0.2, 0.25) is 0 Å². The van der Waals surface area contributed by atoms with E-state index in [2.05, 4.69) is 27.8 Å². The molecule has 1 atom stereocenters. The van der Waals surface area contributed by atoms with Crippen molar-refractivity contribution in [3.05, 3.63) is 63.9 Å². The molecule has 0 aliphatic heterocycles. The van der Waals surface area contributed by atoms with Crippen molar-refractivity contribution in [1.82, 2.24) is 4.98 Å². The Morgan fingerprint density at radius 1 is 1.18 bits per heavy atom. The predicted molar refractivity (Wildman–Crippen MR) is 71.8 cm³/mol. The molecule has 0 aliphatic rings. The number of rotatable bonds is 3. The SMILES string of the molecule is CCc1ccc(C(O)c2cncc(Br)c2)cc1. The van der Waals surface area contributed by atoms with Crippen LogP contribution in [0.4, 0.5) is 0 Å². The van der Waals surface area contributed by atoms with E-state index < -0.39 is 6.10 Å². The summed E-state index contributed by atoms with van der Waals surface area (Å²) in [5.74, 6) is 0. The van der Waals surface area contributed by atoms with E-state index in [0.29, 0.717) is 0 Å². The molecule has 3 heteroatoms. The van der Waals surface area contributed by atoms with E-state index in [0.717, 1.165) is 22.0 Å². The van der Waals surface area contributed by atoms with Crippen molar-refractivity contribution in [3.8, 4) is 0 Å². The fourth-order valence-electron chi connectivity index (χ4n) is 1.71. The first-order chi connectivity index (χ1) is 8.20. The average Bonchev–Trinajstić information content (AvgIpc) is 2.38. The van der Waals surface area contributed by atoms with Crippen LogP contribution in [0.3, 0.4) is 0 Å². The van der Waals surface area contributed by atoms with Gasteiger partial charge in [-0.1, -0.05) is 31.2 Å². The highest BCUT2D eigenvalue weighted by atomic mass is 79.9. The lowest BCUT2D eigenvalue weighted by atomic mass is 10.0. The Hall–Kier alpha value is -1.19. The van der Waals surface area contributed by atoms with Crippen molar-refractivity contribution in [1.29, 1.82) is 0 Å². The van der Waals surface area contributed by atoms with Gasteiger partial charge in [-0.2, -0.15) is 0 Å². The van der Waals surface area contributed by atoms with Crippen LogP contribution in [0.1, 0.15) is 29.7 Å². The number of nitrogens with zero attached hydrogens (tertiary/aromatic N) is 1. The van der Waals surface area contributed by atoms with Crippen molar-refractivity contribution in [2.45, 2.75) is 19.4 Å². The summed E-state index contributed by atoms with van der Waals surface area (Å²) < 4.78 is 0.874. The Labute approximate surface area is 109 Å². The second-order valence-electron chi connectivity index (χ2n) is 3.93. The molecule has 0 bridgehead atoms. The summed E-state index contributed by atoms with van der Waals surface area (Å²) >= 11 is 3.35. The highest BCUT2D eigenvalue weighted by Crippen LogP contribution is 2.23. The highest BCUT2D eigenvalue weighted by Gasteiger charge is 2.10. The lowest BCUT2D eigenvalue weighted by Crippen LogP contribution is -2.00. The third-order valence-electron chi connectivity index (χ3n) is 2.75. The Kier molecular flexibility index (Phi) is 3.92. The molecule has 2 rings (SSSR count). The maximum atomic E-state index is 10.2. The quantitative estimate of drug-likeness (QED) is 0.939. The minimum atomic E-state index is -0.620. The van der Waals surface area contributed by atoms with Gasteiger partial charge in [0.05, 0.1) is 0 Å². The third-order valence-corrected chi connectivity index (χ3v) is 3.18. The summed E-state index contributed by atoms with van der Waals surface area (Å²) in [7, 11) is 0. The summed E-state index contributed by atoms with van der Waals surface area (Å²) in [6.45, 7) is 2.11. The smallest absolute Gasteiger partial charge is 0.106 e. The maximum Gasteiger partial charge on any atom is 0.106 e. The normalized spacial score (nSPS) is 12.4. The predicted octanol–water partition coefficient (Wildman–Crippen LogP) is 3.49. The van der Waals surface area contributed by atoms with Gasteiger partial charge in [-0.05, 0) is 39.5 Å². The zero-order chi connectivity index (χ0) is 12.3. The first-order valence-corrected chi connectivity index (χ1v) is 6.37. The monoisotopic (exact) mass is 291 g/mol. The number of aryl methyl sites for hydroxylation is 1. The van der Waals surface area contributed by atoms with Crippen LogP contribution in [-0.4, -0.2) is 10.1 Å². The topological polar surface area (TPSA) is 33.1 Å². The lowest BCUT2D eigenvalue weighted by molar-refractivity contribution is 0.220. The molecule has 1 unspecified atom stereocenters. The number of halogens is 1. The number of hydrogen-bond acceptors (Lipinski definition) is 2. The Morgan fingerprint density at radius 2 is 1.88 bits per heavy atom. The molecule has 0 saturated heterocycles. The highest BCUT2D eigenvalue weighted by molar-refractivity contribution is 9.10. The molecule has 1 N–H and O–H groups in total. The fourth-order valence-corrected chi connectivity index (χ4v) is 2.09. The molecular weight excluding hydrogens is 278 g/mol. The molecule has 2 nitrogen and oxygen atoms in total. The minimum Gasteiger partial charge on any atom is -0.384 e. The van der Waals surface area contributed by atoms with Crippen molar-refractivity contribution < 1.29 is 5.11 Å². The second kappa shape index (κ2) is 5.43. The molecule has 0 fully saturated rings. The fraction of sp³-hybridized carbons (Fsp3) is 0.214. The van der Waals surface area contributed by atoms with Gasteiger partial charge in [0.1, 0.15) is 6.10 Å². The minimum absolute atomic E-state index is 0.620. The Morgan fingerprint density at radius 3 is 2.47 bits per heavy atom. The van der Waals surface area contributed by atoms with E-state index in [1.807, 2.05) is 30.3 Å². The van der Waals surface area contributed by atoms with E-state index in [4.69, 9.17) is 0 Å². The van der Waals surface area contributed by atoms with Crippen molar-refractivity contribution in [3.63, 3.8) is 0 Å². The summed E-state index contributed by atoms with van der Waals surface area (Å²) in [6.07, 6.45) is 3.78. The van der Waals surface area contributed by atoms with Gasteiger partial charge in [0.25, 0.3) is 0 Å². The van der Waals surface area contributed by atoms with E-state index in [-0.39, 0.29) is 0 Å². The first-order valence-electron chi connectivity index (χ1n) is 5.58. The van der Waals surface area contributed by atoms with Crippen molar-refractivity contribution in [2.24, 2.45) is 0 Å². The van der Waals surface area contributed by atoms with Gasteiger partial charge < -0.3 is 5.11 Å². The molecule has 1 heterocycles. The molecule has 1 aromatic heterocycles. The number of pyridine rings is 1. The average molecular weight is 292 g/mol. The van der Waals surface area contributed by atoms with Gasteiger partial charge in [0.2, 0.25) is 0 Å². The van der Waals surface area contributed by atoms with Crippen LogP contribution < -0.4 is 0 Å². The zero-order valence-electron chi connectivity index (χ0n) is 9.60. The zero-order valence-corrected chi connectivity index (χ0v) is 11.2. The molecule has 88 valence electrons. The van der Waals surface area contributed by atoms with Crippen LogP contribution >= 0.6 is 15.9 Å². The van der Waals surface area contributed by atoms with Crippen LogP contribution in [0.5, 0.6) is 0 Å². The Bertz CT molecular complexity index is 496. The second-order valence-corrected chi connectivity index (χ2v) is 4.85. The van der Waals surface area contributed by atoms with E-state index in [9.17, 15) is 5.11 Å². The maximum absolute atomic E-state index is 10.2. The van der Waals surface area contributed by atoms with E-state index in [1.165, 1.54) is 5.56 Å². The van der Waals surface area contributed by atoms with Crippen LogP contribution in [-0.2, 0) is 6.42 Å². The van der Waals surface area contributed by atoms with E-state index in [1.54, 1.807) is 12.4 Å². The Balaban J connectivity index is 2.27. The van der Waals surface area contributed by atoms with Gasteiger partial charge in [-0.15, -0.1) is 0 Å². The van der Waals surface area contributed by atoms with Gasteiger partial charge in [0.15, 0.2) is 0 Å². The van der Waals surface area contributed by atoms with Gasteiger partial charge >= 0.3 is 0 Å². The molecular formula is C14H14BrNO. The molecule has 0 saturated carbocycles. The summed E-state index contributed by atoms with van der Waals surface area (Å²) in [4.78, 5) is 4.06. The molecule has 17 heavy (non-hydrogen) atoms. The van der Waals surface area contributed by atoms with Gasteiger partial charge in [-0.3, -0.25) is 4.98 Å². The molecule has 1 aromatic carbocycles. The number of aromatic nitrogens is 1. The number of aliphatic hydroxyl groups excluding tert-OH is 1. The van der Waals surface area contributed by atoms with Crippen molar-refractivity contribution >= 4 is 15.9 Å². The first kappa shape index (κ1) is 12.3. The summed E-state index contributed by atoms with van der Waals surface area (Å²) in [6, 6.07) is 9.90. The standard InChI is InChI=1S/C14H14BrNO/c1-2-10-3-5-11(6-4-10)14(17)12-7-13(15)9-16-8-12/h3-9,14,17H,2H2,1H3. The van der Waals surface area contributed by atoms with Crippen molar-refractivity contribution in [2.75, 3.05) is 0 Å². The molecule has 2 aromatic rings. The summed E-state index contributed by atoms with van der Waals surface area (Å²) in [5.41, 5.74) is 2.96. The van der Waals surface area contributed by atoms with Gasteiger partial charge in [0, 0.05) is 22.4 Å². The van der Waals surface area contributed by atoms with Crippen LogP contribution in [0.25, 0.3) is 0 Å². The molecule has 0 amide bonds. The number of hydrogen-bond donors (Lipinski definition) is 1. The van der Waals surface area contributed by atoms with Crippen LogP contribution in [0.15, 0.2) is 47.2 Å². The van der Waals surface area contributed by atoms with Gasteiger partial charge in [-0.25, -0.2) is 0 Å². The lowest BCUT2D eigenvalue weighted by Gasteiger charge is -2.11. The summed E-state index contributed by atoms with van der Waals surface area (Å²) in [5, 5.41) is 10.2. The number of benzene rings is 1. The molecule has 0 radical (unpaired) electrons.